The van der Waals surface area contributed by atoms with Crippen molar-refractivity contribution in [2.75, 3.05) is 33.8 Å². The maximum atomic E-state index is 12.6. The summed E-state index contributed by atoms with van der Waals surface area (Å²) in [6.07, 6.45) is 0.309. The van der Waals surface area contributed by atoms with Crippen molar-refractivity contribution < 1.29 is 26.3 Å². The zero-order chi connectivity index (χ0) is 20.8. The molecule has 12 heteroatoms. The smallest absolute Gasteiger partial charge is 0.375 e. The van der Waals surface area contributed by atoms with Crippen LogP contribution in [-0.2, 0) is 14.8 Å². The molecule has 1 aromatic rings. The van der Waals surface area contributed by atoms with Crippen LogP contribution < -0.4 is 10.6 Å². The first kappa shape index (κ1) is 25.9. The summed E-state index contributed by atoms with van der Waals surface area (Å²) < 4.78 is 66.8. The van der Waals surface area contributed by atoms with Crippen molar-refractivity contribution >= 4 is 40.0 Å². The molecule has 29 heavy (non-hydrogen) atoms. The van der Waals surface area contributed by atoms with Crippen LogP contribution >= 0.6 is 24.0 Å². The molecule has 0 spiro atoms. The number of alkyl halides is 3. The van der Waals surface area contributed by atoms with E-state index in [2.05, 4.69) is 15.6 Å². The largest absolute Gasteiger partial charge is 0.511 e. The van der Waals surface area contributed by atoms with Crippen LogP contribution in [0.4, 0.5) is 13.2 Å². The van der Waals surface area contributed by atoms with E-state index >= 15 is 0 Å². The number of aliphatic imine (C=N–C) groups is 1. The van der Waals surface area contributed by atoms with Crippen molar-refractivity contribution in [2.24, 2.45) is 4.99 Å². The molecule has 1 aliphatic rings. The zero-order valence-corrected chi connectivity index (χ0v) is 19.3. The van der Waals surface area contributed by atoms with Gasteiger partial charge in [0, 0.05) is 39.8 Å². The standard InChI is InChI=1S/C17H25F3N4O3S.HI/c1-21-16(22-12-15(27-2)13-6-4-3-5-7-13)23-14-8-10-24(11-9-14)28(25,26)17(18,19)20;/h3-7,14-15H,8-12H2,1-2H3,(H2,21,22,23);1H. The quantitative estimate of drug-likeness (QED) is 0.323. The van der Waals surface area contributed by atoms with Crippen LogP contribution in [0.1, 0.15) is 24.5 Å². The Morgan fingerprint density at radius 3 is 2.34 bits per heavy atom. The second-order valence-corrected chi connectivity index (χ2v) is 8.29. The molecule has 1 fully saturated rings. The first-order chi connectivity index (χ1) is 13.2. The second kappa shape index (κ2) is 11.3. The minimum Gasteiger partial charge on any atom is -0.375 e. The number of ether oxygens (including phenoxy) is 1. The lowest BCUT2D eigenvalue weighted by atomic mass is 10.1. The molecule has 1 unspecified atom stereocenters. The average Bonchev–Trinajstić information content (AvgIpc) is 2.68. The highest BCUT2D eigenvalue weighted by Crippen LogP contribution is 2.28. The van der Waals surface area contributed by atoms with Crippen molar-refractivity contribution in [1.29, 1.82) is 0 Å². The van der Waals surface area contributed by atoms with Gasteiger partial charge >= 0.3 is 15.5 Å². The molecule has 0 aliphatic carbocycles. The fourth-order valence-corrected chi connectivity index (χ4v) is 3.95. The lowest BCUT2D eigenvalue weighted by molar-refractivity contribution is -0.0494. The predicted octanol–water partition coefficient (Wildman–Crippen LogP) is 2.47. The maximum absolute atomic E-state index is 12.6. The zero-order valence-electron chi connectivity index (χ0n) is 16.1. The van der Waals surface area contributed by atoms with Crippen LogP contribution in [0.25, 0.3) is 0 Å². The molecule has 0 amide bonds. The van der Waals surface area contributed by atoms with E-state index in [0.717, 1.165) is 5.56 Å². The first-order valence-electron chi connectivity index (χ1n) is 8.80. The number of halogens is 4. The highest BCUT2D eigenvalue weighted by atomic mass is 127. The fourth-order valence-electron chi connectivity index (χ4n) is 2.97. The lowest BCUT2D eigenvalue weighted by Gasteiger charge is -2.32. The highest BCUT2D eigenvalue weighted by molar-refractivity contribution is 14.0. The molecule has 2 N–H and O–H groups in total. The lowest BCUT2D eigenvalue weighted by Crippen LogP contribution is -2.52. The molecule has 0 saturated carbocycles. The van der Waals surface area contributed by atoms with Gasteiger partial charge in [-0.1, -0.05) is 30.3 Å². The van der Waals surface area contributed by atoms with Gasteiger partial charge in [-0.3, -0.25) is 4.99 Å². The van der Waals surface area contributed by atoms with E-state index < -0.39 is 15.5 Å². The average molecular weight is 550 g/mol. The Morgan fingerprint density at radius 1 is 1.28 bits per heavy atom. The Labute approximate surface area is 186 Å². The van der Waals surface area contributed by atoms with Gasteiger partial charge in [-0.05, 0) is 18.4 Å². The molecule has 0 bridgehead atoms. The monoisotopic (exact) mass is 550 g/mol. The number of rotatable bonds is 6. The topological polar surface area (TPSA) is 83.0 Å². The summed E-state index contributed by atoms with van der Waals surface area (Å²) in [7, 11) is -2.08. The van der Waals surface area contributed by atoms with Gasteiger partial charge in [0.15, 0.2) is 5.96 Å². The van der Waals surface area contributed by atoms with Gasteiger partial charge < -0.3 is 15.4 Å². The molecule has 7 nitrogen and oxygen atoms in total. The van der Waals surface area contributed by atoms with Gasteiger partial charge in [0.1, 0.15) is 0 Å². The minimum atomic E-state index is -5.27. The van der Waals surface area contributed by atoms with Crippen molar-refractivity contribution in [3.8, 4) is 0 Å². The van der Waals surface area contributed by atoms with Crippen molar-refractivity contribution in [3.05, 3.63) is 35.9 Å². The molecular weight excluding hydrogens is 524 g/mol. The molecule has 1 aliphatic heterocycles. The number of nitrogens with one attached hydrogen (secondary N) is 2. The minimum absolute atomic E-state index is 0. The van der Waals surface area contributed by atoms with E-state index in [-0.39, 0.29) is 62.1 Å². The number of guanidine groups is 1. The number of sulfonamides is 1. The Kier molecular flexibility index (Phi) is 10.1. The van der Waals surface area contributed by atoms with Crippen molar-refractivity contribution in [2.45, 2.75) is 30.5 Å². The van der Waals surface area contributed by atoms with Gasteiger partial charge in [0.25, 0.3) is 0 Å². The molecular formula is C17H26F3IN4O3S. The second-order valence-electron chi connectivity index (χ2n) is 6.36. The summed E-state index contributed by atoms with van der Waals surface area (Å²) in [5, 5.41) is 6.26. The highest BCUT2D eigenvalue weighted by Gasteiger charge is 2.50. The maximum Gasteiger partial charge on any atom is 0.511 e. The van der Waals surface area contributed by atoms with E-state index in [1.807, 2.05) is 30.3 Å². The molecule has 0 radical (unpaired) electrons. The van der Waals surface area contributed by atoms with E-state index in [1.54, 1.807) is 14.2 Å². The number of methoxy groups -OCH3 is 1. The van der Waals surface area contributed by atoms with Crippen LogP contribution in [0.2, 0.25) is 0 Å². The van der Waals surface area contributed by atoms with Crippen LogP contribution in [0.5, 0.6) is 0 Å². The normalized spacial score (nSPS) is 18.0. The molecule has 2 rings (SSSR count). The summed E-state index contributed by atoms with van der Waals surface area (Å²) in [6.45, 7) is 0.0594. The van der Waals surface area contributed by atoms with Crippen molar-refractivity contribution in [3.63, 3.8) is 0 Å². The van der Waals surface area contributed by atoms with E-state index in [0.29, 0.717) is 16.8 Å². The third-order valence-electron chi connectivity index (χ3n) is 4.56. The number of hydrogen-bond donors (Lipinski definition) is 2. The third-order valence-corrected chi connectivity index (χ3v) is 6.19. The predicted molar refractivity (Wildman–Crippen MR) is 116 cm³/mol. The van der Waals surface area contributed by atoms with Crippen LogP contribution in [0.3, 0.4) is 0 Å². The molecule has 1 saturated heterocycles. The SMILES string of the molecule is CN=C(NCC(OC)c1ccccc1)NC1CCN(S(=O)(=O)C(F)(F)F)CC1.I. The van der Waals surface area contributed by atoms with Gasteiger partial charge in [0.05, 0.1) is 6.10 Å². The summed E-state index contributed by atoms with van der Waals surface area (Å²) in [5.74, 6) is 0.482. The van der Waals surface area contributed by atoms with Crippen LogP contribution in [0.15, 0.2) is 35.3 Å². The van der Waals surface area contributed by atoms with E-state index in [9.17, 15) is 21.6 Å². The van der Waals surface area contributed by atoms with Gasteiger partial charge in [0.2, 0.25) is 0 Å². The van der Waals surface area contributed by atoms with Crippen LogP contribution in [-0.4, -0.2) is 64.0 Å². The number of piperidine rings is 1. The summed E-state index contributed by atoms with van der Waals surface area (Å²) in [4.78, 5) is 4.12. The van der Waals surface area contributed by atoms with Crippen molar-refractivity contribution in [1.82, 2.24) is 14.9 Å². The molecule has 0 aromatic heterocycles. The fraction of sp³-hybridized carbons (Fsp3) is 0.588. The molecule has 1 atom stereocenters. The number of benzene rings is 1. The van der Waals surface area contributed by atoms with E-state index in [4.69, 9.17) is 4.74 Å². The Balaban J connectivity index is 0.00000420. The molecule has 166 valence electrons. The van der Waals surface area contributed by atoms with Gasteiger partial charge in [-0.25, -0.2) is 8.42 Å². The van der Waals surface area contributed by atoms with Gasteiger partial charge in [-0.2, -0.15) is 17.5 Å². The first-order valence-corrected chi connectivity index (χ1v) is 10.2. The Hall–Kier alpha value is -1.12. The summed E-state index contributed by atoms with van der Waals surface area (Å²) in [6, 6.07) is 9.46. The molecule has 1 heterocycles. The summed E-state index contributed by atoms with van der Waals surface area (Å²) >= 11 is 0. The third kappa shape index (κ3) is 6.96. The number of hydrogen-bond acceptors (Lipinski definition) is 4. The summed E-state index contributed by atoms with van der Waals surface area (Å²) in [5.41, 5.74) is -4.27. The Bertz CT molecular complexity index is 755. The van der Waals surface area contributed by atoms with Crippen LogP contribution in [0, 0.1) is 0 Å². The molecule has 1 aromatic carbocycles. The van der Waals surface area contributed by atoms with Gasteiger partial charge in [-0.15, -0.1) is 24.0 Å². The number of nitrogens with zero attached hydrogens (tertiary/aromatic N) is 2. The van der Waals surface area contributed by atoms with E-state index in [1.165, 1.54) is 0 Å². The Morgan fingerprint density at radius 2 is 1.86 bits per heavy atom.